The summed E-state index contributed by atoms with van der Waals surface area (Å²) in [4.78, 5) is 24.1. The molecule has 2 N–H and O–H groups in total. The molecule has 0 atom stereocenters. The molecule has 0 radical (unpaired) electrons. The highest BCUT2D eigenvalue weighted by atomic mass is 32.2. The second-order valence-electron chi connectivity index (χ2n) is 7.39. The average Bonchev–Trinajstić information content (AvgIpc) is 2.79. The van der Waals surface area contributed by atoms with Gasteiger partial charge in [-0.1, -0.05) is 0 Å². The van der Waals surface area contributed by atoms with Crippen LogP contribution < -0.4 is 20.1 Å². The third-order valence-electron chi connectivity index (χ3n) is 5.41. The summed E-state index contributed by atoms with van der Waals surface area (Å²) in [6.45, 7) is 0.348. The van der Waals surface area contributed by atoms with Crippen LogP contribution in [0.1, 0.15) is 12.8 Å². The van der Waals surface area contributed by atoms with Gasteiger partial charge in [-0.3, -0.25) is 9.59 Å². The van der Waals surface area contributed by atoms with E-state index in [0.717, 1.165) is 0 Å². The number of ether oxygens (including phenoxy) is 2. The van der Waals surface area contributed by atoms with E-state index in [1.165, 1.54) is 22.5 Å². The van der Waals surface area contributed by atoms with Gasteiger partial charge in [-0.15, -0.1) is 0 Å². The summed E-state index contributed by atoms with van der Waals surface area (Å²) in [5, 5.41) is 5.51. The fourth-order valence-corrected chi connectivity index (χ4v) is 5.13. The molecule has 0 aliphatic carbocycles. The van der Waals surface area contributed by atoms with Crippen molar-refractivity contribution >= 4 is 33.2 Å². The minimum absolute atomic E-state index is 0.100. The van der Waals surface area contributed by atoms with Crippen molar-refractivity contribution in [1.82, 2.24) is 4.31 Å². The van der Waals surface area contributed by atoms with Crippen molar-refractivity contribution < 1.29 is 27.5 Å². The summed E-state index contributed by atoms with van der Waals surface area (Å²) in [5.74, 6) is 0.356. The van der Waals surface area contributed by atoms with Crippen molar-refractivity contribution in [3.05, 3.63) is 42.5 Å². The Balaban J connectivity index is 1.38. The number of carbonyl (C=O) groups is 2. The normalized spacial score (nSPS) is 17.3. The Morgan fingerprint density at radius 1 is 1.16 bits per heavy atom. The van der Waals surface area contributed by atoms with Crippen LogP contribution in [-0.2, 0) is 19.6 Å². The fourth-order valence-electron chi connectivity index (χ4n) is 3.64. The lowest BCUT2D eigenvalue weighted by molar-refractivity contribution is -0.121. The van der Waals surface area contributed by atoms with Gasteiger partial charge in [-0.2, -0.15) is 4.31 Å². The van der Waals surface area contributed by atoms with Gasteiger partial charge >= 0.3 is 0 Å². The number of hydrogen-bond acceptors (Lipinski definition) is 6. The number of methoxy groups -OCH3 is 1. The van der Waals surface area contributed by atoms with E-state index in [-0.39, 0.29) is 42.3 Å². The molecule has 0 spiro atoms. The van der Waals surface area contributed by atoms with Gasteiger partial charge in [0, 0.05) is 30.8 Å². The molecule has 0 saturated carbocycles. The molecule has 2 heterocycles. The number of piperidine rings is 1. The number of amides is 2. The quantitative estimate of drug-likeness (QED) is 0.728. The Bertz CT molecular complexity index is 1090. The lowest BCUT2D eigenvalue weighted by atomic mass is 9.97. The zero-order chi connectivity index (χ0) is 22.0. The van der Waals surface area contributed by atoms with Gasteiger partial charge in [0.25, 0.3) is 5.91 Å². The fraction of sp³-hybridized carbons (Fsp3) is 0.333. The van der Waals surface area contributed by atoms with Crippen molar-refractivity contribution in [3.8, 4) is 11.5 Å². The standard InChI is InChI=1S/C21H23N3O6S/c1-29-16-4-2-15(3-5-16)22-21(26)14-8-10-24(11-9-14)31(27,28)17-6-7-18-19(12-17)30-13-20(25)23-18/h2-7,12,14H,8-11,13H2,1H3,(H,22,26)(H,23,25). The minimum Gasteiger partial charge on any atom is -0.497 e. The minimum atomic E-state index is -3.73. The Morgan fingerprint density at radius 2 is 1.87 bits per heavy atom. The van der Waals surface area contributed by atoms with Crippen molar-refractivity contribution in [2.75, 3.05) is 37.4 Å². The molecule has 164 valence electrons. The van der Waals surface area contributed by atoms with Crippen molar-refractivity contribution in [2.45, 2.75) is 17.7 Å². The third-order valence-corrected chi connectivity index (χ3v) is 7.30. The molecule has 31 heavy (non-hydrogen) atoms. The highest BCUT2D eigenvalue weighted by Crippen LogP contribution is 2.32. The Hall–Kier alpha value is -3.11. The van der Waals surface area contributed by atoms with E-state index in [0.29, 0.717) is 35.7 Å². The molecule has 4 rings (SSSR count). The number of sulfonamides is 1. The number of nitrogens with zero attached hydrogens (tertiary/aromatic N) is 1. The summed E-state index contributed by atoms with van der Waals surface area (Å²) in [7, 11) is -2.16. The molecule has 2 aliphatic rings. The largest absolute Gasteiger partial charge is 0.497 e. The van der Waals surface area contributed by atoms with Crippen molar-refractivity contribution in [3.63, 3.8) is 0 Å². The van der Waals surface area contributed by atoms with Crippen LogP contribution in [-0.4, -0.2) is 51.3 Å². The Kier molecular flexibility index (Phi) is 5.84. The monoisotopic (exact) mass is 445 g/mol. The molecular formula is C21H23N3O6S. The van der Waals surface area contributed by atoms with E-state index < -0.39 is 10.0 Å². The number of benzene rings is 2. The lowest BCUT2D eigenvalue weighted by Gasteiger charge is -2.30. The van der Waals surface area contributed by atoms with Gasteiger partial charge in [0.2, 0.25) is 15.9 Å². The highest BCUT2D eigenvalue weighted by molar-refractivity contribution is 7.89. The maximum Gasteiger partial charge on any atom is 0.262 e. The molecule has 9 nitrogen and oxygen atoms in total. The van der Waals surface area contributed by atoms with Crippen LogP contribution in [0.5, 0.6) is 11.5 Å². The van der Waals surface area contributed by atoms with Gasteiger partial charge in [-0.25, -0.2) is 8.42 Å². The van der Waals surface area contributed by atoms with Crippen LogP contribution in [0.15, 0.2) is 47.4 Å². The molecule has 2 aromatic carbocycles. The van der Waals surface area contributed by atoms with Crippen molar-refractivity contribution in [1.29, 1.82) is 0 Å². The van der Waals surface area contributed by atoms with Crippen LogP contribution in [0, 0.1) is 5.92 Å². The average molecular weight is 445 g/mol. The first kappa shape index (κ1) is 21.1. The van der Waals surface area contributed by atoms with Crippen LogP contribution >= 0.6 is 0 Å². The van der Waals surface area contributed by atoms with Crippen LogP contribution in [0.4, 0.5) is 11.4 Å². The van der Waals surface area contributed by atoms with Crippen LogP contribution in [0.2, 0.25) is 0 Å². The number of nitrogens with one attached hydrogen (secondary N) is 2. The molecule has 2 amide bonds. The van der Waals surface area contributed by atoms with Gasteiger partial charge < -0.3 is 20.1 Å². The summed E-state index contributed by atoms with van der Waals surface area (Å²) < 4.78 is 37.9. The maximum atomic E-state index is 13.0. The van der Waals surface area contributed by atoms with E-state index >= 15 is 0 Å². The zero-order valence-corrected chi connectivity index (χ0v) is 17.8. The molecule has 10 heteroatoms. The predicted molar refractivity (Wildman–Crippen MR) is 114 cm³/mol. The number of anilines is 2. The van der Waals surface area contributed by atoms with Crippen LogP contribution in [0.3, 0.4) is 0 Å². The molecule has 2 aromatic rings. The maximum absolute atomic E-state index is 13.0. The topological polar surface area (TPSA) is 114 Å². The second-order valence-corrected chi connectivity index (χ2v) is 9.33. The first-order valence-electron chi connectivity index (χ1n) is 9.88. The molecule has 0 aromatic heterocycles. The first-order valence-corrected chi connectivity index (χ1v) is 11.3. The third kappa shape index (κ3) is 4.49. The molecular weight excluding hydrogens is 422 g/mol. The SMILES string of the molecule is COc1ccc(NC(=O)C2CCN(S(=O)(=O)c3ccc4c(c3)OCC(=O)N4)CC2)cc1. The highest BCUT2D eigenvalue weighted by Gasteiger charge is 2.33. The van der Waals surface area contributed by atoms with Crippen LogP contribution in [0.25, 0.3) is 0 Å². The Labute approximate surface area is 180 Å². The van der Waals surface area contributed by atoms with E-state index in [9.17, 15) is 18.0 Å². The van der Waals surface area contributed by atoms with Gasteiger partial charge in [-0.05, 0) is 49.2 Å². The second kappa shape index (κ2) is 8.56. The number of carbonyl (C=O) groups excluding carboxylic acids is 2. The molecule has 0 unspecified atom stereocenters. The van der Waals surface area contributed by atoms with E-state index in [4.69, 9.17) is 9.47 Å². The summed E-state index contributed by atoms with van der Waals surface area (Å²) in [6.07, 6.45) is 0.859. The number of rotatable bonds is 5. The Morgan fingerprint density at radius 3 is 2.55 bits per heavy atom. The lowest BCUT2D eigenvalue weighted by Crippen LogP contribution is -2.41. The van der Waals surface area contributed by atoms with Gasteiger partial charge in [0.05, 0.1) is 17.7 Å². The zero-order valence-electron chi connectivity index (χ0n) is 17.0. The van der Waals surface area contributed by atoms with Crippen molar-refractivity contribution in [2.24, 2.45) is 5.92 Å². The smallest absolute Gasteiger partial charge is 0.262 e. The molecule has 1 saturated heterocycles. The summed E-state index contributed by atoms with van der Waals surface area (Å²) in [5.41, 5.74) is 1.12. The van der Waals surface area contributed by atoms with E-state index in [1.54, 1.807) is 31.4 Å². The molecule has 1 fully saturated rings. The summed E-state index contributed by atoms with van der Waals surface area (Å²) in [6, 6.07) is 11.4. The van der Waals surface area contributed by atoms with Gasteiger partial charge in [0.15, 0.2) is 6.61 Å². The molecule has 0 bridgehead atoms. The first-order chi connectivity index (χ1) is 14.9. The number of hydrogen-bond donors (Lipinski definition) is 2. The number of fused-ring (bicyclic) bond motifs is 1. The predicted octanol–water partition coefficient (Wildman–Crippen LogP) is 2.07. The molecule has 2 aliphatic heterocycles. The van der Waals surface area contributed by atoms with E-state index in [1.807, 2.05) is 0 Å². The van der Waals surface area contributed by atoms with E-state index in [2.05, 4.69) is 10.6 Å². The van der Waals surface area contributed by atoms with Gasteiger partial charge in [0.1, 0.15) is 11.5 Å². The summed E-state index contributed by atoms with van der Waals surface area (Å²) >= 11 is 0.